The molecule has 3 rings (SSSR count). The zero-order chi connectivity index (χ0) is 17.8. The minimum atomic E-state index is -5.16. The van der Waals surface area contributed by atoms with Crippen LogP contribution >= 0.6 is 0 Å². The number of aromatic nitrogens is 2. The Morgan fingerprint density at radius 3 is 2.32 bits per heavy atom. The molecule has 1 aliphatic rings. The molecular weight excluding hydrogens is 361 g/mol. The quantitative estimate of drug-likeness (QED) is 0.166. The van der Waals surface area contributed by atoms with Crippen molar-refractivity contribution in [3.05, 3.63) is 36.0 Å². The number of hydrogen-bond acceptors (Lipinski definition) is 11. The molecular formula is C12H14N7NaO4S. The van der Waals surface area contributed by atoms with E-state index in [9.17, 15) is 18.1 Å². The predicted octanol–water partition coefficient (Wildman–Crippen LogP) is -5.08. The normalized spacial score (nSPS) is 25.4. The summed E-state index contributed by atoms with van der Waals surface area (Å²) in [6.45, 7) is 0. The molecule has 0 fully saturated rings. The van der Waals surface area contributed by atoms with E-state index < -0.39 is 21.1 Å². The van der Waals surface area contributed by atoms with Crippen molar-refractivity contribution in [2.24, 2.45) is 11.5 Å². The van der Waals surface area contributed by atoms with Gasteiger partial charge in [0, 0.05) is 5.56 Å². The predicted molar refractivity (Wildman–Crippen MR) is 83.3 cm³/mol. The molecule has 1 aromatic heterocycles. The molecule has 128 valence electrons. The molecule has 13 heteroatoms. The van der Waals surface area contributed by atoms with Gasteiger partial charge in [0.15, 0.2) is 11.6 Å². The Morgan fingerprint density at radius 2 is 1.76 bits per heavy atom. The first-order chi connectivity index (χ1) is 11.0. The van der Waals surface area contributed by atoms with E-state index in [2.05, 4.69) is 15.3 Å². The standard InChI is InChI=1S/C12H15N7O4S.Na/c13-9-7(6-4-2-1-3-5-6)16-8-10(17-9)18-12(15,24(21,22)23)19-11(8,14)20;/h1-5,19-20H,14-15H2,(H3,13,17,18)(H,21,22,23);/q;+1/p-1. The number of fused-ring (bicyclic) bond motifs is 1. The van der Waals surface area contributed by atoms with Crippen LogP contribution in [-0.2, 0) is 16.0 Å². The molecule has 0 radical (unpaired) electrons. The van der Waals surface area contributed by atoms with Gasteiger partial charge in [0.1, 0.15) is 21.5 Å². The van der Waals surface area contributed by atoms with Crippen LogP contribution in [0.15, 0.2) is 30.3 Å². The van der Waals surface area contributed by atoms with Gasteiger partial charge in [0.25, 0.3) is 0 Å². The van der Waals surface area contributed by atoms with Gasteiger partial charge in [-0.2, -0.15) is 0 Å². The molecule has 2 heterocycles. The summed E-state index contributed by atoms with van der Waals surface area (Å²) in [7, 11) is -5.16. The molecule has 1 aromatic carbocycles. The molecule has 9 N–H and O–H groups in total. The molecule has 0 amide bonds. The minimum Gasteiger partial charge on any atom is -0.744 e. The second kappa shape index (κ2) is 6.42. The van der Waals surface area contributed by atoms with E-state index in [0.717, 1.165) is 0 Å². The Hall–Kier alpha value is -1.35. The monoisotopic (exact) mass is 375 g/mol. The van der Waals surface area contributed by atoms with E-state index in [-0.39, 0.29) is 52.6 Å². The number of benzene rings is 1. The smallest absolute Gasteiger partial charge is 0.744 e. The van der Waals surface area contributed by atoms with Gasteiger partial charge < -0.3 is 20.7 Å². The van der Waals surface area contributed by atoms with Crippen LogP contribution in [0.5, 0.6) is 0 Å². The molecule has 0 saturated carbocycles. The fourth-order valence-corrected chi connectivity index (χ4v) is 2.79. The summed E-state index contributed by atoms with van der Waals surface area (Å²) in [4.78, 5) is 8.08. The largest absolute Gasteiger partial charge is 1.00 e. The third-order valence-electron chi connectivity index (χ3n) is 3.41. The van der Waals surface area contributed by atoms with Crippen molar-refractivity contribution in [3.8, 4) is 11.3 Å². The molecule has 11 nitrogen and oxygen atoms in total. The maximum atomic E-state index is 11.3. The van der Waals surface area contributed by atoms with Gasteiger partial charge in [0.05, 0.1) is 0 Å². The van der Waals surface area contributed by atoms with Crippen molar-refractivity contribution < 1.29 is 47.6 Å². The van der Waals surface area contributed by atoms with Gasteiger partial charge >= 0.3 is 29.6 Å². The van der Waals surface area contributed by atoms with Crippen LogP contribution in [0.1, 0.15) is 5.69 Å². The summed E-state index contributed by atoms with van der Waals surface area (Å²) in [5.41, 5.74) is 17.5. The van der Waals surface area contributed by atoms with Crippen LogP contribution in [0.3, 0.4) is 0 Å². The van der Waals surface area contributed by atoms with Gasteiger partial charge in [-0.25, -0.2) is 23.7 Å². The second-order valence-electron chi connectivity index (χ2n) is 5.23. The molecule has 0 aliphatic carbocycles. The first-order valence-electron chi connectivity index (χ1n) is 6.60. The number of nitrogen functional groups attached to an aromatic ring is 1. The Morgan fingerprint density at radius 1 is 1.16 bits per heavy atom. The van der Waals surface area contributed by atoms with Crippen molar-refractivity contribution in [2.75, 3.05) is 11.1 Å². The number of hydrogen-bond donors (Lipinski definition) is 6. The zero-order valence-electron chi connectivity index (χ0n) is 13.1. The minimum absolute atomic E-state index is 0. The third kappa shape index (κ3) is 3.48. The number of nitrogens with zero attached hydrogens (tertiary/aromatic N) is 2. The number of nitrogens with one attached hydrogen (secondary N) is 2. The summed E-state index contributed by atoms with van der Waals surface area (Å²) >= 11 is 0. The van der Waals surface area contributed by atoms with E-state index in [0.29, 0.717) is 5.56 Å². The molecule has 2 atom stereocenters. The van der Waals surface area contributed by atoms with Crippen LogP contribution in [0, 0.1) is 0 Å². The Balaban J connectivity index is 0.00000225. The van der Waals surface area contributed by atoms with Crippen LogP contribution in [0.2, 0.25) is 0 Å². The summed E-state index contributed by atoms with van der Waals surface area (Å²) in [6, 6.07) is 8.70. The summed E-state index contributed by atoms with van der Waals surface area (Å²) < 4.78 is 34.0. The fraction of sp³-hybridized carbons (Fsp3) is 0.167. The summed E-state index contributed by atoms with van der Waals surface area (Å²) in [5.74, 6) is -2.93. The van der Waals surface area contributed by atoms with Gasteiger partial charge in [-0.05, 0) is 0 Å². The Kier molecular flexibility index (Phi) is 5.13. The first-order valence-corrected chi connectivity index (χ1v) is 8.01. The SMILES string of the molecule is Nc1nc2c(nc1-c1ccccc1)C(N)(O)NC(N)(S(=O)(=O)[O-])N2.[Na+]. The number of rotatable bonds is 2. The molecule has 0 bridgehead atoms. The van der Waals surface area contributed by atoms with Crippen LogP contribution in [-0.4, -0.2) is 33.2 Å². The van der Waals surface area contributed by atoms with Crippen molar-refractivity contribution in [1.29, 1.82) is 0 Å². The topological polar surface area (TPSA) is 205 Å². The van der Waals surface area contributed by atoms with Gasteiger partial charge in [0.2, 0.25) is 11.0 Å². The summed E-state index contributed by atoms with van der Waals surface area (Å²) in [6.07, 6.45) is 0. The van der Waals surface area contributed by atoms with E-state index in [1.54, 1.807) is 30.3 Å². The van der Waals surface area contributed by atoms with E-state index >= 15 is 0 Å². The molecule has 25 heavy (non-hydrogen) atoms. The molecule has 2 unspecified atom stereocenters. The number of anilines is 2. The summed E-state index contributed by atoms with van der Waals surface area (Å²) in [5, 5.41) is 11.6. The van der Waals surface area contributed by atoms with Crippen molar-refractivity contribution >= 4 is 21.8 Å². The zero-order valence-corrected chi connectivity index (χ0v) is 15.9. The van der Waals surface area contributed by atoms with Crippen molar-refractivity contribution in [2.45, 2.75) is 11.0 Å². The van der Waals surface area contributed by atoms with E-state index in [1.165, 1.54) is 0 Å². The average molecular weight is 375 g/mol. The van der Waals surface area contributed by atoms with Gasteiger partial charge in [-0.15, -0.1) is 0 Å². The molecule has 2 aromatic rings. The molecule has 1 aliphatic heterocycles. The van der Waals surface area contributed by atoms with Crippen LogP contribution < -0.4 is 57.4 Å². The Labute approximate surface area is 165 Å². The Bertz CT molecular complexity index is 909. The maximum absolute atomic E-state index is 11.3. The maximum Gasteiger partial charge on any atom is 1.00 e. The molecule has 0 saturated heterocycles. The number of aliphatic hydroxyl groups is 1. The third-order valence-corrected chi connectivity index (χ3v) is 4.40. The number of nitrogens with two attached hydrogens (primary N) is 3. The molecule has 0 spiro atoms. The van der Waals surface area contributed by atoms with E-state index in [1.807, 2.05) is 5.32 Å². The van der Waals surface area contributed by atoms with Crippen LogP contribution in [0.25, 0.3) is 11.3 Å². The van der Waals surface area contributed by atoms with Crippen molar-refractivity contribution in [1.82, 2.24) is 15.3 Å². The van der Waals surface area contributed by atoms with Gasteiger partial charge in [-0.3, -0.25) is 11.5 Å². The van der Waals surface area contributed by atoms with Crippen LogP contribution in [0.4, 0.5) is 11.6 Å². The van der Waals surface area contributed by atoms with E-state index in [4.69, 9.17) is 17.2 Å². The second-order valence-corrected chi connectivity index (χ2v) is 6.78. The first kappa shape index (κ1) is 20.0. The van der Waals surface area contributed by atoms with Crippen molar-refractivity contribution in [3.63, 3.8) is 0 Å². The fourth-order valence-electron chi connectivity index (χ4n) is 2.28. The average Bonchev–Trinajstić information content (AvgIpc) is 2.45. The van der Waals surface area contributed by atoms with Gasteiger partial charge in [-0.1, -0.05) is 30.3 Å².